The summed E-state index contributed by atoms with van der Waals surface area (Å²) in [6, 6.07) is 7.07. The van der Waals surface area contributed by atoms with Crippen molar-refractivity contribution >= 4 is 44.4 Å². The molecular weight excluding hydrogens is 409 g/mol. The van der Waals surface area contributed by atoms with Crippen molar-refractivity contribution in [2.45, 2.75) is 4.90 Å². The van der Waals surface area contributed by atoms with Crippen LogP contribution in [0.1, 0.15) is 0 Å². The molecule has 25 heavy (non-hydrogen) atoms. The summed E-state index contributed by atoms with van der Waals surface area (Å²) in [7, 11) is -4.00. The number of hydrogen-bond donors (Lipinski definition) is 0. The fraction of sp³-hybridized carbons (Fsp3) is 0.0588. The van der Waals surface area contributed by atoms with E-state index < -0.39 is 26.4 Å². The molecule has 0 spiro atoms. The summed E-state index contributed by atoms with van der Waals surface area (Å²) in [6.07, 6.45) is 0.764. The Morgan fingerprint density at radius 2 is 1.44 bits per heavy atom. The first-order valence-corrected chi connectivity index (χ1v) is 10.5. The van der Waals surface area contributed by atoms with Gasteiger partial charge in [-0.05, 0) is 46.2 Å². The van der Waals surface area contributed by atoms with Gasteiger partial charge in [0.25, 0.3) is 0 Å². The van der Waals surface area contributed by atoms with Gasteiger partial charge in [-0.15, -0.1) is 0 Å². The third-order valence-corrected chi connectivity index (χ3v) is 6.19. The zero-order chi connectivity index (χ0) is 18.4. The topological polar surface area (TPSA) is 34.1 Å². The van der Waals surface area contributed by atoms with E-state index in [1.54, 1.807) is 23.6 Å². The highest BCUT2D eigenvalue weighted by atomic mass is 35.5. The second kappa shape index (κ2) is 6.68. The minimum absolute atomic E-state index is 0.240. The van der Waals surface area contributed by atoms with Gasteiger partial charge in [-0.3, -0.25) is 0 Å². The minimum Gasteiger partial charge on any atom is -0.224 e. The van der Waals surface area contributed by atoms with Crippen LogP contribution in [0.3, 0.4) is 0 Å². The van der Waals surface area contributed by atoms with Crippen molar-refractivity contribution in [3.05, 3.63) is 62.8 Å². The first-order valence-electron chi connectivity index (χ1n) is 6.89. The molecule has 0 fully saturated rings. The third kappa shape index (κ3) is 3.58. The second-order valence-corrected chi connectivity index (χ2v) is 8.88. The van der Waals surface area contributed by atoms with E-state index in [4.69, 9.17) is 23.2 Å². The third-order valence-electron chi connectivity index (χ3n) is 3.57. The maximum absolute atomic E-state index is 14.2. The number of rotatable bonds is 3. The monoisotopic (exact) mass is 418 g/mol. The van der Waals surface area contributed by atoms with E-state index in [9.17, 15) is 17.2 Å². The van der Waals surface area contributed by atoms with Gasteiger partial charge in [0.05, 0.1) is 10.0 Å². The normalized spacial score (nSPS) is 11.7. The molecule has 2 aromatic carbocycles. The highest BCUT2D eigenvalue weighted by Crippen LogP contribution is 2.38. The number of hydrogen-bond acceptors (Lipinski definition) is 3. The molecule has 8 heteroatoms. The standard InChI is InChI=1S/C17H10Cl2F2O2S2/c1-25(22,23)17-15(20)5-10(6-16(17)21)12-8-24-7-11(12)9-2-3-13(18)14(19)4-9/h2-8H,1H3. The Morgan fingerprint density at radius 3 is 1.96 bits per heavy atom. The lowest BCUT2D eigenvalue weighted by molar-refractivity contribution is 0.522. The van der Waals surface area contributed by atoms with E-state index >= 15 is 0 Å². The summed E-state index contributed by atoms with van der Waals surface area (Å²) in [4.78, 5) is -0.928. The first kappa shape index (κ1) is 18.3. The van der Waals surface area contributed by atoms with Crippen molar-refractivity contribution in [3.63, 3.8) is 0 Å². The average Bonchev–Trinajstić information content (AvgIpc) is 2.97. The fourth-order valence-electron chi connectivity index (χ4n) is 2.48. The maximum atomic E-state index is 14.2. The highest BCUT2D eigenvalue weighted by Gasteiger charge is 2.22. The molecule has 0 atom stereocenters. The molecule has 0 bridgehead atoms. The van der Waals surface area contributed by atoms with Gasteiger partial charge in [0.1, 0.15) is 16.5 Å². The van der Waals surface area contributed by atoms with Crippen LogP contribution in [-0.4, -0.2) is 14.7 Å². The van der Waals surface area contributed by atoms with Crippen molar-refractivity contribution in [1.29, 1.82) is 0 Å². The molecule has 0 aliphatic carbocycles. The summed E-state index contributed by atoms with van der Waals surface area (Å²) in [6.45, 7) is 0. The van der Waals surface area contributed by atoms with E-state index in [2.05, 4.69) is 0 Å². The molecule has 2 nitrogen and oxygen atoms in total. The van der Waals surface area contributed by atoms with Crippen LogP contribution in [0.25, 0.3) is 22.3 Å². The summed E-state index contributed by atoms with van der Waals surface area (Å²) in [5.41, 5.74) is 2.26. The zero-order valence-electron chi connectivity index (χ0n) is 12.7. The Bertz CT molecular complexity index is 1050. The predicted octanol–water partition coefficient (Wildman–Crippen LogP) is 6.07. The van der Waals surface area contributed by atoms with Gasteiger partial charge in [-0.25, -0.2) is 17.2 Å². The Balaban J connectivity index is 2.17. The lowest BCUT2D eigenvalue weighted by atomic mass is 9.99. The van der Waals surface area contributed by atoms with E-state index in [-0.39, 0.29) is 5.56 Å². The van der Waals surface area contributed by atoms with Crippen molar-refractivity contribution in [3.8, 4) is 22.3 Å². The highest BCUT2D eigenvalue weighted by molar-refractivity contribution is 7.90. The molecular formula is C17H10Cl2F2O2S2. The number of halogens is 4. The molecule has 3 rings (SSSR count). The van der Waals surface area contributed by atoms with Crippen LogP contribution in [-0.2, 0) is 9.84 Å². The molecule has 3 aromatic rings. The lowest BCUT2D eigenvalue weighted by Gasteiger charge is -2.09. The quantitative estimate of drug-likeness (QED) is 0.516. The molecule has 0 saturated heterocycles. The Hall–Kier alpha value is -1.47. The molecule has 0 N–H and O–H groups in total. The summed E-state index contributed by atoms with van der Waals surface area (Å²) < 4.78 is 51.4. The van der Waals surface area contributed by atoms with Crippen LogP contribution in [0.4, 0.5) is 8.78 Å². The molecule has 0 unspecified atom stereocenters. The van der Waals surface area contributed by atoms with Gasteiger partial charge < -0.3 is 0 Å². The van der Waals surface area contributed by atoms with E-state index in [0.717, 1.165) is 29.5 Å². The smallest absolute Gasteiger partial charge is 0.181 e. The van der Waals surface area contributed by atoms with Crippen LogP contribution < -0.4 is 0 Å². The SMILES string of the molecule is CS(=O)(=O)c1c(F)cc(-c2cscc2-c2ccc(Cl)c(Cl)c2)cc1F. The number of thiophene rings is 1. The van der Waals surface area contributed by atoms with Gasteiger partial charge in [0.2, 0.25) is 0 Å². The van der Waals surface area contributed by atoms with Crippen LogP contribution >= 0.6 is 34.5 Å². The van der Waals surface area contributed by atoms with E-state index in [1.807, 2.05) is 5.38 Å². The summed E-state index contributed by atoms with van der Waals surface area (Å²) >= 11 is 13.3. The Kier molecular flexibility index (Phi) is 4.90. The predicted molar refractivity (Wildman–Crippen MR) is 98.2 cm³/mol. The minimum atomic E-state index is -4.00. The van der Waals surface area contributed by atoms with E-state index in [1.165, 1.54) is 11.3 Å². The maximum Gasteiger partial charge on any atom is 0.181 e. The van der Waals surface area contributed by atoms with Gasteiger partial charge >= 0.3 is 0 Å². The largest absolute Gasteiger partial charge is 0.224 e. The van der Waals surface area contributed by atoms with Gasteiger partial charge in [-0.2, -0.15) is 11.3 Å². The summed E-state index contributed by atoms with van der Waals surface area (Å²) in [5, 5.41) is 4.30. The summed E-state index contributed by atoms with van der Waals surface area (Å²) in [5.74, 6) is -2.24. The van der Waals surface area contributed by atoms with Crippen LogP contribution in [0, 0.1) is 11.6 Å². The average molecular weight is 419 g/mol. The fourth-order valence-corrected chi connectivity index (χ4v) is 4.47. The van der Waals surface area contributed by atoms with Crippen molar-refractivity contribution < 1.29 is 17.2 Å². The first-order chi connectivity index (χ1) is 11.7. The lowest BCUT2D eigenvalue weighted by Crippen LogP contribution is -2.04. The molecule has 0 aliphatic heterocycles. The molecule has 130 valence electrons. The second-order valence-electron chi connectivity index (χ2n) is 5.37. The van der Waals surface area contributed by atoms with Crippen molar-refractivity contribution in [1.82, 2.24) is 0 Å². The Labute approximate surface area is 157 Å². The van der Waals surface area contributed by atoms with Gasteiger partial charge in [-0.1, -0.05) is 29.3 Å². The molecule has 0 saturated carbocycles. The number of sulfone groups is 1. The van der Waals surface area contributed by atoms with Crippen molar-refractivity contribution in [2.75, 3.05) is 6.26 Å². The van der Waals surface area contributed by atoms with Gasteiger partial charge in [0, 0.05) is 17.4 Å². The zero-order valence-corrected chi connectivity index (χ0v) is 15.8. The Morgan fingerprint density at radius 1 is 0.880 bits per heavy atom. The van der Waals surface area contributed by atoms with Crippen molar-refractivity contribution in [2.24, 2.45) is 0 Å². The molecule has 0 radical (unpaired) electrons. The van der Waals surface area contributed by atoms with Gasteiger partial charge in [0.15, 0.2) is 9.84 Å². The molecule has 1 heterocycles. The number of benzene rings is 2. The van der Waals surface area contributed by atoms with E-state index in [0.29, 0.717) is 15.6 Å². The van der Waals surface area contributed by atoms with Crippen LogP contribution in [0.15, 0.2) is 46.0 Å². The van der Waals surface area contributed by atoms with Crippen LogP contribution in [0.5, 0.6) is 0 Å². The van der Waals surface area contributed by atoms with Crippen LogP contribution in [0.2, 0.25) is 10.0 Å². The molecule has 1 aromatic heterocycles. The molecule has 0 amide bonds. The molecule has 0 aliphatic rings.